The van der Waals surface area contributed by atoms with Crippen molar-refractivity contribution < 1.29 is 9.53 Å². The second-order valence-electron chi connectivity index (χ2n) is 7.03. The zero-order valence-corrected chi connectivity index (χ0v) is 16.6. The number of hydrogen-bond donors (Lipinski definition) is 1. The number of carbonyl (C=O) groups is 1. The van der Waals surface area contributed by atoms with E-state index in [1.165, 1.54) is 0 Å². The highest BCUT2D eigenvalue weighted by Crippen LogP contribution is 2.36. The fourth-order valence-electron chi connectivity index (χ4n) is 3.69. The third-order valence-corrected chi connectivity index (χ3v) is 5.12. The summed E-state index contributed by atoms with van der Waals surface area (Å²) in [6.07, 6.45) is -0.476. The smallest absolute Gasteiger partial charge is 0.408 e. The Morgan fingerprint density at radius 3 is 1.37 bits per heavy atom. The van der Waals surface area contributed by atoms with E-state index in [9.17, 15) is 4.79 Å². The number of carbonyl (C=O) groups excluding carboxylic acids is 1. The van der Waals surface area contributed by atoms with Crippen LogP contribution in [0.15, 0.2) is 121 Å². The number of amides is 1. The molecule has 30 heavy (non-hydrogen) atoms. The van der Waals surface area contributed by atoms with E-state index < -0.39 is 11.6 Å². The molecule has 0 atom stereocenters. The molecule has 3 heteroatoms. The Balaban J connectivity index is 1.76. The minimum absolute atomic E-state index is 0.209. The number of nitrogens with one attached hydrogen (secondary N) is 1. The summed E-state index contributed by atoms with van der Waals surface area (Å²) < 4.78 is 5.60. The summed E-state index contributed by atoms with van der Waals surface area (Å²) in [6, 6.07) is 39.6. The molecule has 4 rings (SSSR count). The predicted octanol–water partition coefficient (Wildman–Crippen LogP) is 5.90. The molecule has 0 aliphatic heterocycles. The molecule has 0 aliphatic rings. The summed E-state index contributed by atoms with van der Waals surface area (Å²) in [4.78, 5) is 13.0. The van der Waals surface area contributed by atoms with Crippen LogP contribution >= 0.6 is 0 Å². The first-order valence-corrected chi connectivity index (χ1v) is 9.94. The maximum absolute atomic E-state index is 13.0. The van der Waals surface area contributed by atoms with Crippen molar-refractivity contribution in [3.05, 3.63) is 144 Å². The Hall–Kier alpha value is -3.85. The van der Waals surface area contributed by atoms with E-state index in [1.54, 1.807) is 0 Å². The van der Waals surface area contributed by atoms with E-state index in [2.05, 4.69) is 5.32 Å². The van der Waals surface area contributed by atoms with Crippen LogP contribution in [-0.4, -0.2) is 6.09 Å². The minimum Gasteiger partial charge on any atom is -0.445 e. The molecule has 3 nitrogen and oxygen atoms in total. The van der Waals surface area contributed by atoms with Crippen molar-refractivity contribution >= 4 is 6.09 Å². The van der Waals surface area contributed by atoms with Gasteiger partial charge in [0.2, 0.25) is 0 Å². The lowest BCUT2D eigenvalue weighted by atomic mass is 9.77. The zero-order valence-electron chi connectivity index (χ0n) is 16.6. The molecule has 0 saturated carbocycles. The second-order valence-corrected chi connectivity index (χ2v) is 7.03. The van der Waals surface area contributed by atoms with E-state index in [0.717, 1.165) is 22.3 Å². The van der Waals surface area contributed by atoms with Gasteiger partial charge in [-0.15, -0.1) is 0 Å². The Bertz CT molecular complexity index is 968. The number of alkyl carbamates (subject to hydrolysis) is 1. The average Bonchev–Trinajstić information content (AvgIpc) is 2.83. The van der Waals surface area contributed by atoms with Crippen LogP contribution in [0.4, 0.5) is 4.79 Å². The highest BCUT2D eigenvalue weighted by Gasteiger charge is 2.38. The van der Waals surface area contributed by atoms with Crippen LogP contribution in [0.3, 0.4) is 0 Å². The van der Waals surface area contributed by atoms with Crippen molar-refractivity contribution in [3.8, 4) is 0 Å². The van der Waals surface area contributed by atoms with Crippen molar-refractivity contribution in [2.75, 3.05) is 0 Å². The molecule has 0 unspecified atom stereocenters. The topological polar surface area (TPSA) is 38.3 Å². The first-order valence-electron chi connectivity index (χ1n) is 9.94. The number of benzene rings is 4. The standard InChI is InChI=1S/C27H23NO2/c29-26(30-21-22-13-5-1-6-14-22)28-27(23-15-7-2-8-16-23,24-17-9-3-10-18-24)25-19-11-4-12-20-25/h1-20H,21H2,(H,28,29). The summed E-state index contributed by atoms with van der Waals surface area (Å²) in [6.45, 7) is 0.209. The van der Waals surface area contributed by atoms with Gasteiger partial charge in [-0.3, -0.25) is 0 Å². The van der Waals surface area contributed by atoms with E-state index in [1.807, 2.05) is 121 Å². The maximum atomic E-state index is 13.0. The molecule has 0 spiro atoms. The van der Waals surface area contributed by atoms with E-state index >= 15 is 0 Å². The van der Waals surface area contributed by atoms with Crippen LogP contribution in [0.5, 0.6) is 0 Å². The molecule has 0 fully saturated rings. The Labute approximate surface area is 177 Å². The summed E-state index contributed by atoms with van der Waals surface area (Å²) in [5, 5.41) is 3.19. The molecule has 148 valence electrons. The second kappa shape index (κ2) is 9.10. The van der Waals surface area contributed by atoms with Gasteiger partial charge < -0.3 is 10.1 Å². The summed E-state index contributed by atoms with van der Waals surface area (Å²) in [7, 11) is 0. The van der Waals surface area contributed by atoms with Crippen molar-refractivity contribution in [3.63, 3.8) is 0 Å². The van der Waals surface area contributed by atoms with Crippen molar-refractivity contribution in [1.29, 1.82) is 0 Å². The molecule has 1 amide bonds. The van der Waals surface area contributed by atoms with Crippen molar-refractivity contribution in [1.82, 2.24) is 5.32 Å². The van der Waals surface area contributed by atoms with Gasteiger partial charge in [0.1, 0.15) is 12.1 Å². The summed E-state index contributed by atoms with van der Waals surface area (Å²) >= 11 is 0. The SMILES string of the molecule is O=C(NC(c1ccccc1)(c1ccccc1)c1ccccc1)OCc1ccccc1. The molecule has 0 radical (unpaired) electrons. The maximum Gasteiger partial charge on any atom is 0.408 e. The molecule has 0 heterocycles. The van der Waals surface area contributed by atoms with Crippen LogP contribution in [0.2, 0.25) is 0 Å². The molecule has 0 aromatic heterocycles. The van der Waals surface area contributed by atoms with E-state index in [4.69, 9.17) is 4.74 Å². The average molecular weight is 393 g/mol. The fourth-order valence-corrected chi connectivity index (χ4v) is 3.69. The van der Waals surface area contributed by atoms with Crippen molar-refractivity contribution in [2.45, 2.75) is 12.1 Å². The first-order chi connectivity index (χ1) is 14.8. The third kappa shape index (κ3) is 4.11. The highest BCUT2D eigenvalue weighted by atomic mass is 16.5. The molecule has 0 bridgehead atoms. The van der Waals surface area contributed by atoms with Gasteiger partial charge in [-0.2, -0.15) is 0 Å². The highest BCUT2D eigenvalue weighted by molar-refractivity contribution is 5.72. The predicted molar refractivity (Wildman–Crippen MR) is 119 cm³/mol. The van der Waals surface area contributed by atoms with Crippen LogP contribution in [0.25, 0.3) is 0 Å². The third-order valence-electron chi connectivity index (χ3n) is 5.12. The molecule has 4 aromatic carbocycles. The lowest BCUT2D eigenvalue weighted by Crippen LogP contribution is -2.48. The van der Waals surface area contributed by atoms with Crippen LogP contribution < -0.4 is 5.32 Å². The van der Waals surface area contributed by atoms with Gasteiger partial charge in [0.05, 0.1) is 0 Å². The van der Waals surface area contributed by atoms with Gasteiger partial charge in [0.25, 0.3) is 0 Å². The van der Waals surface area contributed by atoms with Gasteiger partial charge in [-0.1, -0.05) is 121 Å². The molecule has 4 aromatic rings. The summed E-state index contributed by atoms with van der Waals surface area (Å²) in [5.41, 5.74) is 2.94. The molecule has 1 N–H and O–H groups in total. The van der Waals surface area contributed by atoms with E-state index in [-0.39, 0.29) is 6.61 Å². The lowest BCUT2D eigenvalue weighted by molar-refractivity contribution is 0.132. The van der Waals surface area contributed by atoms with Gasteiger partial charge in [-0.25, -0.2) is 4.79 Å². The zero-order chi connectivity index (χ0) is 20.7. The van der Waals surface area contributed by atoms with Gasteiger partial charge in [-0.05, 0) is 22.3 Å². The molecule has 0 aliphatic carbocycles. The number of hydrogen-bond acceptors (Lipinski definition) is 2. The minimum atomic E-state index is -0.877. The molecular formula is C27H23NO2. The van der Waals surface area contributed by atoms with Gasteiger partial charge >= 0.3 is 6.09 Å². The largest absolute Gasteiger partial charge is 0.445 e. The first kappa shape index (κ1) is 19.5. The van der Waals surface area contributed by atoms with E-state index in [0.29, 0.717) is 0 Å². The van der Waals surface area contributed by atoms with Gasteiger partial charge in [0.15, 0.2) is 0 Å². The molecule has 0 saturated heterocycles. The summed E-state index contributed by atoms with van der Waals surface area (Å²) in [5.74, 6) is 0. The quantitative estimate of drug-likeness (QED) is 0.414. The normalized spacial score (nSPS) is 10.9. The number of rotatable bonds is 6. The lowest BCUT2D eigenvalue weighted by Gasteiger charge is -2.36. The van der Waals surface area contributed by atoms with Crippen LogP contribution in [-0.2, 0) is 16.9 Å². The van der Waals surface area contributed by atoms with Crippen molar-refractivity contribution in [2.24, 2.45) is 0 Å². The Morgan fingerprint density at radius 2 is 0.967 bits per heavy atom. The number of ether oxygens (including phenoxy) is 1. The Morgan fingerprint density at radius 1 is 0.600 bits per heavy atom. The van der Waals surface area contributed by atoms with Crippen LogP contribution in [0, 0.1) is 0 Å². The Kier molecular flexibility index (Phi) is 5.90. The fraction of sp³-hybridized carbons (Fsp3) is 0.0741. The van der Waals surface area contributed by atoms with Crippen LogP contribution in [0.1, 0.15) is 22.3 Å². The monoisotopic (exact) mass is 393 g/mol. The molecular weight excluding hydrogens is 370 g/mol. The van der Waals surface area contributed by atoms with Gasteiger partial charge in [0, 0.05) is 0 Å².